The Bertz CT molecular complexity index is 287. The summed E-state index contributed by atoms with van der Waals surface area (Å²) in [6, 6.07) is 9.65. The lowest BCUT2D eigenvalue weighted by atomic mass is 10.3. The zero-order valence-corrected chi connectivity index (χ0v) is 9.17. The summed E-state index contributed by atoms with van der Waals surface area (Å²) in [6.07, 6.45) is -1.23. The van der Waals surface area contributed by atoms with Crippen molar-refractivity contribution in [2.24, 2.45) is 5.73 Å². The van der Waals surface area contributed by atoms with Gasteiger partial charge >= 0.3 is 5.97 Å². The van der Waals surface area contributed by atoms with Gasteiger partial charge in [0.25, 0.3) is 0 Å². The number of aliphatic carboxylic acids is 1. The Morgan fingerprint density at radius 2 is 1.94 bits per heavy atom. The molecule has 0 saturated heterocycles. The lowest BCUT2D eigenvalue weighted by molar-refractivity contribution is -0.145. The van der Waals surface area contributed by atoms with Crippen molar-refractivity contribution >= 4 is 5.97 Å². The van der Waals surface area contributed by atoms with Crippen molar-refractivity contribution in [1.82, 2.24) is 0 Å². The SMILES string of the molecule is CC(O)C(=O)O.NCCOc1ccccc1. The summed E-state index contributed by atoms with van der Waals surface area (Å²) in [4.78, 5) is 9.45. The van der Waals surface area contributed by atoms with E-state index < -0.39 is 12.1 Å². The number of aliphatic hydroxyl groups excluding tert-OH is 1. The standard InChI is InChI=1S/C8H11NO.C3H6O3/c9-6-7-10-8-4-2-1-3-5-8;1-2(4)3(5)6/h1-5H,6-7,9H2;2,4H,1H3,(H,5,6). The third kappa shape index (κ3) is 7.78. The van der Waals surface area contributed by atoms with Gasteiger partial charge < -0.3 is 20.7 Å². The first-order valence-electron chi connectivity index (χ1n) is 4.86. The van der Waals surface area contributed by atoms with Crippen LogP contribution < -0.4 is 10.5 Å². The van der Waals surface area contributed by atoms with Gasteiger partial charge in [-0.3, -0.25) is 0 Å². The van der Waals surface area contributed by atoms with Gasteiger partial charge in [0, 0.05) is 6.54 Å². The smallest absolute Gasteiger partial charge is 0.332 e. The monoisotopic (exact) mass is 227 g/mol. The van der Waals surface area contributed by atoms with Crippen LogP contribution in [0.15, 0.2) is 30.3 Å². The summed E-state index contributed by atoms with van der Waals surface area (Å²) in [6.45, 7) is 2.35. The number of benzene rings is 1. The number of carboxylic acids is 1. The molecule has 16 heavy (non-hydrogen) atoms. The van der Waals surface area contributed by atoms with Crippen LogP contribution in [0.5, 0.6) is 5.75 Å². The van der Waals surface area contributed by atoms with E-state index in [0.717, 1.165) is 5.75 Å². The van der Waals surface area contributed by atoms with Gasteiger partial charge in [-0.2, -0.15) is 0 Å². The average molecular weight is 227 g/mol. The summed E-state index contributed by atoms with van der Waals surface area (Å²) in [5.74, 6) is -0.303. The van der Waals surface area contributed by atoms with Gasteiger partial charge in [-0.15, -0.1) is 0 Å². The molecule has 4 N–H and O–H groups in total. The number of carbonyl (C=O) groups is 1. The highest BCUT2D eigenvalue weighted by Gasteiger charge is 2.01. The van der Waals surface area contributed by atoms with Crippen molar-refractivity contribution in [3.8, 4) is 5.75 Å². The minimum Gasteiger partial charge on any atom is -0.492 e. The Kier molecular flexibility index (Phi) is 7.83. The molecule has 1 aromatic rings. The molecule has 0 aliphatic heterocycles. The number of ether oxygens (including phenoxy) is 1. The minimum absolute atomic E-state index is 0.564. The molecule has 0 heterocycles. The van der Waals surface area contributed by atoms with Gasteiger partial charge in [-0.05, 0) is 19.1 Å². The molecular weight excluding hydrogens is 210 g/mol. The maximum Gasteiger partial charge on any atom is 0.332 e. The van der Waals surface area contributed by atoms with Crippen LogP contribution in [0.4, 0.5) is 0 Å². The highest BCUT2D eigenvalue weighted by molar-refractivity contribution is 5.71. The average Bonchev–Trinajstić information content (AvgIpc) is 2.28. The zero-order valence-electron chi connectivity index (χ0n) is 9.17. The topological polar surface area (TPSA) is 92.8 Å². The first-order chi connectivity index (χ1) is 7.57. The summed E-state index contributed by atoms with van der Waals surface area (Å²) < 4.78 is 5.23. The number of para-hydroxylation sites is 1. The van der Waals surface area contributed by atoms with Crippen LogP contribution in [-0.2, 0) is 4.79 Å². The van der Waals surface area contributed by atoms with Crippen LogP contribution in [0.3, 0.4) is 0 Å². The first kappa shape index (κ1) is 14.4. The van der Waals surface area contributed by atoms with E-state index in [4.69, 9.17) is 20.7 Å². The molecule has 5 nitrogen and oxygen atoms in total. The third-order valence-corrected chi connectivity index (χ3v) is 1.49. The number of rotatable bonds is 4. The van der Waals surface area contributed by atoms with Crippen LogP contribution in [-0.4, -0.2) is 35.4 Å². The molecule has 1 atom stereocenters. The van der Waals surface area contributed by atoms with Gasteiger partial charge in [0.2, 0.25) is 0 Å². The van der Waals surface area contributed by atoms with Crippen molar-refractivity contribution in [2.75, 3.05) is 13.2 Å². The number of hydrogen-bond donors (Lipinski definition) is 3. The fourth-order valence-electron chi connectivity index (χ4n) is 0.693. The Morgan fingerprint density at radius 3 is 2.31 bits per heavy atom. The normalized spacial score (nSPS) is 10.9. The lowest BCUT2D eigenvalue weighted by Crippen LogP contribution is -2.13. The largest absolute Gasteiger partial charge is 0.492 e. The van der Waals surface area contributed by atoms with Gasteiger partial charge in [0.1, 0.15) is 18.5 Å². The molecule has 5 heteroatoms. The molecule has 0 fully saturated rings. The molecule has 0 spiro atoms. The summed E-state index contributed by atoms with van der Waals surface area (Å²) >= 11 is 0. The van der Waals surface area contributed by atoms with Crippen LogP contribution in [0.25, 0.3) is 0 Å². The Morgan fingerprint density at radius 1 is 1.44 bits per heavy atom. The second-order valence-electron chi connectivity index (χ2n) is 2.96. The second kappa shape index (κ2) is 8.70. The number of hydrogen-bond acceptors (Lipinski definition) is 4. The van der Waals surface area contributed by atoms with Gasteiger partial charge in [-0.1, -0.05) is 18.2 Å². The lowest BCUT2D eigenvalue weighted by Gasteiger charge is -2.01. The molecule has 1 unspecified atom stereocenters. The predicted octanol–water partition coefficient (Wildman–Crippen LogP) is 0.476. The summed E-state index contributed by atoms with van der Waals surface area (Å²) in [5, 5.41) is 15.8. The maximum atomic E-state index is 9.45. The Labute approximate surface area is 94.5 Å². The molecule has 0 radical (unpaired) electrons. The van der Waals surface area contributed by atoms with E-state index in [-0.39, 0.29) is 0 Å². The molecule has 0 amide bonds. The molecule has 1 aromatic carbocycles. The maximum absolute atomic E-state index is 9.45. The number of nitrogens with two attached hydrogens (primary N) is 1. The third-order valence-electron chi connectivity index (χ3n) is 1.49. The quantitative estimate of drug-likeness (QED) is 0.695. The van der Waals surface area contributed by atoms with E-state index in [0.29, 0.717) is 13.2 Å². The predicted molar refractivity (Wildman–Crippen MR) is 60.3 cm³/mol. The summed E-state index contributed by atoms with van der Waals surface area (Å²) in [5.41, 5.74) is 5.25. The first-order valence-corrected chi connectivity index (χ1v) is 4.86. The van der Waals surface area contributed by atoms with E-state index in [1.54, 1.807) is 0 Å². The van der Waals surface area contributed by atoms with Crippen LogP contribution >= 0.6 is 0 Å². The fourth-order valence-corrected chi connectivity index (χ4v) is 0.693. The summed E-state index contributed by atoms with van der Waals surface area (Å²) in [7, 11) is 0. The van der Waals surface area contributed by atoms with Gasteiger partial charge in [-0.25, -0.2) is 4.79 Å². The molecule has 90 valence electrons. The highest BCUT2D eigenvalue weighted by atomic mass is 16.5. The molecule has 0 aliphatic carbocycles. The molecular formula is C11H17NO4. The molecule has 0 aromatic heterocycles. The van der Waals surface area contributed by atoms with Crippen LogP contribution in [0.1, 0.15) is 6.92 Å². The molecule has 0 aliphatic rings. The van der Waals surface area contributed by atoms with Gasteiger partial charge in [0.05, 0.1) is 0 Å². The van der Waals surface area contributed by atoms with E-state index >= 15 is 0 Å². The van der Waals surface area contributed by atoms with Crippen molar-refractivity contribution in [1.29, 1.82) is 0 Å². The van der Waals surface area contributed by atoms with E-state index in [1.807, 2.05) is 30.3 Å². The highest BCUT2D eigenvalue weighted by Crippen LogP contribution is 2.06. The molecule has 0 saturated carbocycles. The zero-order chi connectivity index (χ0) is 12.4. The second-order valence-corrected chi connectivity index (χ2v) is 2.96. The molecule has 0 bridgehead atoms. The van der Waals surface area contributed by atoms with Gasteiger partial charge in [0.15, 0.2) is 0 Å². The number of aliphatic hydroxyl groups is 1. The fraction of sp³-hybridized carbons (Fsp3) is 0.364. The van der Waals surface area contributed by atoms with Crippen LogP contribution in [0, 0.1) is 0 Å². The molecule has 1 rings (SSSR count). The van der Waals surface area contributed by atoms with Crippen LogP contribution in [0.2, 0.25) is 0 Å². The van der Waals surface area contributed by atoms with E-state index in [2.05, 4.69) is 0 Å². The van der Waals surface area contributed by atoms with Crippen molar-refractivity contribution in [2.45, 2.75) is 13.0 Å². The minimum atomic E-state index is -1.23. The van der Waals surface area contributed by atoms with Crippen molar-refractivity contribution in [3.63, 3.8) is 0 Å². The van der Waals surface area contributed by atoms with Crippen molar-refractivity contribution < 1.29 is 19.7 Å². The Balaban J connectivity index is 0.000000325. The Hall–Kier alpha value is -1.59. The van der Waals surface area contributed by atoms with Crippen molar-refractivity contribution in [3.05, 3.63) is 30.3 Å². The van der Waals surface area contributed by atoms with E-state index in [1.165, 1.54) is 6.92 Å². The van der Waals surface area contributed by atoms with E-state index in [9.17, 15) is 4.79 Å². The number of carboxylic acid groups (broad SMARTS) is 1.